The van der Waals surface area contributed by atoms with E-state index >= 15 is 0 Å². The molecule has 3 heterocycles. The highest BCUT2D eigenvalue weighted by Gasteiger charge is 2.26. The largest absolute Gasteiger partial charge is 0.383 e. The molecule has 10 heteroatoms. The van der Waals surface area contributed by atoms with Gasteiger partial charge in [-0.2, -0.15) is 5.10 Å². The lowest BCUT2D eigenvalue weighted by molar-refractivity contribution is -0.132. The maximum atomic E-state index is 12.8. The molecule has 0 aromatic carbocycles. The van der Waals surface area contributed by atoms with Crippen molar-refractivity contribution in [2.75, 3.05) is 18.8 Å². The Kier molecular flexibility index (Phi) is 7.73. The molecule has 1 aliphatic heterocycles. The summed E-state index contributed by atoms with van der Waals surface area (Å²) in [5, 5.41) is 10.6. The summed E-state index contributed by atoms with van der Waals surface area (Å²) >= 11 is 6.24. The predicted octanol–water partition coefficient (Wildman–Crippen LogP) is 2.19. The van der Waals surface area contributed by atoms with Crippen molar-refractivity contribution in [2.45, 2.75) is 52.0 Å². The molecule has 0 bridgehead atoms. The summed E-state index contributed by atoms with van der Waals surface area (Å²) in [4.78, 5) is 35.3. The predicted molar refractivity (Wildman–Crippen MR) is 117 cm³/mol. The number of carbonyl (C=O) groups is 2. The van der Waals surface area contributed by atoms with Crippen molar-refractivity contribution in [1.82, 2.24) is 30.4 Å². The van der Waals surface area contributed by atoms with Crippen molar-refractivity contribution in [3.8, 4) is 0 Å². The molecule has 3 N–H and O–H groups in total. The van der Waals surface area contributed by atoms with Gasteiger partial charge in [-0.1, -0.05) is 11.6 Å². The molecule has 31 heavy (non-hydrogen) atoms. The molecule has 1 unspecified atom stereocenters. The third-order valence-corrected chi connectivity index (χ3v) is 5.90. The van der Waals surface area contributed by atoms with E-state index in [2.05, 4.69) is 25.5 Å². The van der Waals surface area contributed by atoms with Crippen molar-refractivity contribution in [3.63, 3.8) is 0 Å². The van der Waals surface area contributed by atoms with Gasteiger partial charge in [-0.15, -0.1) is 5.10 Å². The number of nitrogens with two attached hydrogens (primary N) is 1. The van der Waals surface area contributed by atoms with E-state index in [1.54, 1.807) is 26.0 Å². The van der Waals surface area contributed by atoms with Crippen molar-refractivity contribution in [1.29, 1.82) is 0 Å². The number of aryl methyl sites for hydroxylation is 1. The zero-order chi connectivity index (χ0) is 22.4. The average Bonchev–Trinajstić information content (AvgIpc) is 2.98. The number of nitrogens with zero attached hydrogens (tertiary/aromatic N) is 5. The minimum absolute atomic E-state index is 0.0860. The number of hydrogen-bond donors (Lipinski definition) is 2. The van der Waals surface area contributed by atoms with Crippen LogP contribution in [-0.2, 0) is 11.2 Å². The maximum absolute atomic E-state index is 12.8. The summed E-state index contributed by atoms with van der Waals surface area (Å²) in [6.07, 6.45) is 5.95. The summed E-state index contributed by atoms with van der Waals surface area (Å²) in [5.41, 5.74) is 7.00. The van der Waals surface area contributed by atoms with Gasteiger partial charge in [0, 0.05) is 24.8 Å². The van der Waals surface area contributed by atoms with E-state index in [0.29, 0.717) is 42.2 Å². The maximum Gasteiger partial charge on any atom is 0.272 e. The van der Waals surface area contributed by atoms with Crippen molar-refractivity contribution in [3.05, 3.63) is 40.6 Å². The molecule has 2 amide bonds. The highest BCUT2D eigenvalue weighted by molar-refractivity contribution is 6.30. The molecular weight excluding hydrogens is 418 g/mol. The Morgan fingerprint density at radius 2 is 2.13 bits per heavy atom. The Labute approximate surface area is 186 Å². The summed E-state index contributed by atoms with van der Waals surface area (Å²) in [6, 6.07) is 2.57. The van der Waals surface area contributed by atoms with Gasteiger partial charge in [0.15, 0.2) is 5.69 Å². The highest BCUT2D eigenvalue weighted by atomic mass is 35.5. The lowest BCUT2D eigenvalue weighted by Gasteiger charge is -2.24. The van der Waals surface area contributed by atoms with E-state index in [1.165, 1.54) is 6.20 Å². The van der Waals surface area contributed by atoms with Crippen LogP contribution in [0.1, 0.15) is 54.5 Å². The third kappa shape index (κ3) is 6.10. The minimum atomic E-state index is -0.630. The summed E-state index contributed by atoms with van der Waals surface area (Å²) in [5.74, 6) is 0.971. The molecule has 2 atom stereocenters. The Bertz CT molecular complexity index is 902. The Hall–Kier alpha value is -2.81. The number of rotatable bonds is 6. The number of hydrogen-bond acceptors (Lipinski definition) is 7. The lowest BCUT2D eigenvalue weighted by Crippen LogP contribution is -2.47. The number of nitrogens with one attached hydrogen (secondary N) is 1. The Balaban J connectivity index is 1.51. The van der Waals surface area contributed by atoms with Crippen LogP contribution in [0.2, 0.25) is 5.15 Å². The molecule has 3 rings (SSSR count). The highest BCUT2D eigenvalue weighted by Crippen LogP contribution is 2.26. The molecular formula is C21H28ClN7O2. The van der Waals surface area contributed by atoms with E-state index in [0.717, 1.165) is 31.2 Å². The van der Waals surface area contributed by atoms with Gasteiger partial charge >= 0.3 is 0 Å². The lowest BCUT2D eigenvalue weighted by atomic mass is 9.93. The number of nitrogen functional groups attached to an aromatic ring is 1. The molecule has 166 valence electrons. The fraction of sp³-hybridized carbons (Fsp3) is 0.524. The van der Waals surface area contributed by atoms with Crippen LogP contribution in [0.25, 0.3) is 0 Å². The molecule has 2 aromatic heterocycles. The topological polar surface area (TPSA) is 127 Å². The molecule has 9 nitrogen and oxygen atoms in total. The van der Waals surface area contributed by atoms with Gasteiger partial charge in [-0.05, 0) is 64.0 Å². The van der Waals surface area contributed by atoms with E-state index in [1.807, 2.05) is 4.90 Å². The Morgan fingerprint density at radius 1 is 1.32 bits per heavy atom. The molecule has 1 saturated heterocycles. The number of carbonyl (C=O) groups excluding carboxylic acids is 2. The van der Waals surface area contributed by atoms with Crippen LogP contribution in [0.15, 0.2) is 18.3 Å². The number of aromatic nitrogens is 4. The van der Waals surface area contributed by atoms with E-state index in [9.17, 15) is 9.59 Å². The first-order valence-electron chi connectivity index (χ1n) is 10.5. The molecule has 0 aliphatic carbocycles. The number of likely N-dealkylation sites (tertiary alicyclic amines) is 1. The fourth-order valence-corrected chi connectivity index (χ4v) is 4.18. The van der Waals surface area contributed by atoms with E-state index in [-0.39, 0.29) is 11.6 Å². The van der Waals surface area contributed by atoms with Crippen LogP contribution < -0.4 is 11.1 Å². The molecule has 0 radical (unpaired) electrons. The normalized spacial score (nSPS) is 17.6. The second-order valence-electron chi connectivity index (χ2n) is 7.89. The van der Waals surface area contributed by atoms with E-state index in [4.69, 9.17) is 17.3 Å². The molecule has 0 spiro atoms. The molecule has 1 aliphatic rings. The van der Waals surface area contributed by atoms with Crippen LogP contribution in [0, 0.1) is 12.8 Å². The van der Waals surface area contributed by atoms with Gasteiger partial charge in [0.2, 0.25) is 5.91 Å². The van der Waals surface area contributed by atoms with Crippen LogP contribution in [0.3, 0.4) is 0 Å². The van der Waals surface area contributed by atoms with E-state index < -0.39 is 11.9 Å². The monoisotopic (exact) mass is 445 g/mol. The first-order valence-corrected chi connectivity index (χ1v) is 10.9. The quantitative estimate of drug-likeness (QED) is 0.652. The van der Waals surface area contributed by atoms with Gasteiger partial charge in [-0.3, -0.25) is 9.59 Å². The first-order chi connectivity index (χ1) is 14.8. The molecule has 0 saturated carbocycles. The Morgan fingerprint density at radius 3 is 2.84 bits per heavy atom. The fourth-order valence-electron chi connectivity index (χ4n) is 3.86. The molecule has 2 aromatic rings. The van der Waals surface area contributed by atoms with Crippen LogP contribution in [0.4, 0.5) is 5.82 Å². The van der Waals surface area contributed by atoms with Gasteiger partial charge < -0.3 is 16.0 Å². The smallest absolute Gasteiger partial charge is 0.272 e. The van der Waals surface area contributed by atoms with Crippen LogP contribution in [-0.4, -0.2) is 56.0 Å². The summed E-state index contributed by atoms with van der Waals surface area (Å²) in [7, 11) is 0. The number of anilines is 1. The average molecular weight is 446 g/mol. The van der Waals surface area contributed by atoms with Gasteiger partial charge in [0.05, 0.1) is 0 Å². The summed E-state index contributed by atoms with van der Waals surface area (Å²) in [6.45, 7) is 4.79. The second-order valence-corrected chi connectivity index (χ2v) is 8.25. The first kappa shape index (κ1) is 22.9. The van der Waals surface area contributed by atoms with Crippen molar-refractivity contribution in [2.24, 2.45) is 5.92 Å². The van der Waals surface area contributed by atoms with Gasteiger partial charge in [-0.25, -0.2) is 9.97 Å². The third-order valence-electron chi connectivity index (χ3n) is 5.59. The van der Waals surface area contributed by atoms with Crippen LogP contribution >= 0.6 is 11.6 Å². The number of amides is 2. The zero-order valence-corrected chi connectivity index (χ0v) is 18.6. The van der Waals surface area contributed by atoms with Gasteiger partial charge in [0.25, 0.3) is 5.91 Å². The zero-order valence-electron chi connectivity index (χ0n) is 17.8. The minimum Gasteiger partial charge on any atom is -0.383 e. The second kappa shape index (κ2) is 10.5. The summed E-state index contributed by atoms with van der Waals surface area (Å²) < 4.78 is 0. The van der Waals surface area contributed by atoms with Crippen molar-refractivity contribution >= 4 is 29.2 Å². The number of halogens is 1. The van der Waals surface area contributed by atoms with Crippen molar-refractivity contribution < 1.29 is 9.59 Å². The SMILES string of the molecule is Cc1nc(N)c(CCC2CCCN(C(=O)[C@H](C)NC(=O)c3cccnn3)CC2)c(Cl)n1. The standard InChI is InChI=1S/C21H28ClN7O2/c1-13(25-20(30)17-6-3-10-24-28-17)21(31)29-11-4-5-15(9-12-29)7-8-16-18(22)26-14(2)27-19(16)23/h3,6,10,13,15H,4-5,7-9,11-12H2,1-2H3,(H,25,30)(H2,23,26,27)/t13-,15?/m0/s1. The molecule has 1 fully saturated rings. The van der Waals surface area contributed by atoms with Crippen LogP contribution in [0.5, 0.6) is 0 Å². The van der Waals surface area contributed by atoms with Gasteiger partial charge in [0.1, 0.15) is 22.8 Å².